The third-order valence-corrected chi connectivity index (χ3v) is 2.93. The van der Waals surface area contributed by atoms with Crippen LogP contribution in [0.2, 0.25) is 0 Å². The van der Waals surface area contributed by atoms with Gasteiger partial charge in [0, 0.05) is 5.56 Å². The second-order valence-electron chi connectivity index (χ2n) is 4.17. The van der Waals surface area contributed by atoms with Crippen molar-refractivity contribution in [3.8, 4) is 0 Å². The standard InChI is InChI=1S/C13H14N2O4/c1-19-12(17)7-14-11(16)6-10-8-4-2-3-5-9(8)13(18)15-10/h2-5,10H,6-7H2,1H3,(H,14,16)(H,15,18)/t10-/m1/s1. The van der Waals surface area contributed by atoms with Gasteiger partial charge in [0.15, 0.2) is 0 Å². The molecule has 1 heterocycles. The molecule has 0 fully saturated rings. The average molecular weight is 262 g/mol. The van der Waals surface area contributed by atoms with Gasteiger partial charge in [-0.15, -0.1) is 0 Å². The molecule has 0 saturated carbocycles. The number of esters is 1. The normalized spacial score (nSPS) is 16.5. The summed E-state index contributed by atoms with van der Waals surface area (Å²) >= 11 is 0. The molecule has 6 nitrogen and oxygen atoms in total. The summed E-state index contributed by atoms with van der Waals surface area (Å²) < 4.78 is 4.42. The Bertz CT molecular complexity index is 527. The molecular formula is C13H14N2O4. The summed E-state index contributed by atoms with van der Waals surface area (Å²) in [7, 11) is 1.25. The summed E-state index contributed by atoms with van der Waals surface area (Å²) in [6, 6.07) is 6.78. The van der Waals surface area contributed by atoms with Crippen molar-refractivity contribution in [1.82, 2.24) is 10.6 Å². The number of rotatable bonds is 4. The summed E-state index contributed by atoms with van der Waals surface area (Å²) in [6.07, 6.45) is 0.0970. The molecule has 0 spiro atoms. The highest BCUT2D eigenvalue weighted by atomic mass is 16.5. The smallest absolute Gasteiger partial charge is 0.325 e. The van der Waals surface area contributed by atoms with Gasteiger partial charge in [-0.3, -0.25) is 14.4 Å². The Kier molecular flexibility index (Phi) is 3.79. The van der Waals surface area contributed by atoms with Crippen LogP contribution in [0.15, 0.2) is 24.3 Å². The Labute approximate surface area is 110 Å². The molecule has 6 heteroatoms. The van der Waals surface area contributed by atoms with Crippen LogP contribution in [0, 0.1) is 0 Å². The van der Waals surface area contributed by atoms with Crippen LogP contribution in [-0.2, 0) is 14.3 Å². The Morgan fingerprint density at radius 2 is 2.11 bits per heavy atom. The van der Waals surface area contributed by atoms with Gasteiger partial charge in [0.2, 0.25) is 5.91 Å². The van der Waals surface area contributed by atoms with Crippen LogP contribution < -0.4 is 10.6 Å². The lowest BCUT2D eigenvalue weighted by Crippen LogP contribution is -2.33. The number of amides is 2. The van der Waals surface area contributed by atoms with E-state index in [2.05, 4.69) is 15.4 Å². The number of ether oxygens (including phenoxy) is 1. The van der Waals surface area contributed by atoms with Crippen molar-refractivity contribution in [3.63, 3.8) is 0 Å². The average Bonchev–Trinajstić information content (AvgIpc) is 2.73. The van der Waals surface area contributed by atoms with Crippen LogP contribution in [0.5, 0.6) is 0 Å². The molecule has 0 radical (unpaired) electrons. The van der Waals surface area contributed by atoms with Gasteiger partial charge in [0.25, 0.3) is 5.91 Å². The first-order valence-corrected chi connectivity index (χ1v) is 5.85. The number of carbonyl (C=O) groups is 3. The molecule has 0 saturated heterocycles. The minimum Gasteiger partial charge on any atom is -0.468 e. The van der Waals surface area contributed by atoms with Gasteiger partial charge in [0.1, 0.15) is 6.54 Å². The van der Waals surface area contributed by atoms with E-state index in [1.54, 1.807) is 12.1 Å². The minimum atomic E-state index is -0.510. The summed E-state index contributed by atoms with van der Waals surface area (Å²) in [5.41, 5.74) is 1.40. The molecule has 1 atom stereocenters. The van der Waals surface area contributed by atoms with E-state index in [0.29, 0.717) is 5.56 Å². The second kappa shape index (κ2) is 5.51. The maximum atomic E-state index is 11.7. The van der Waals surface area contributed by atoms with E-state index in [1.807, 2.05) is 12.1 Å². The highest BCUT2D eigenvalue weighted by Gasteiger charge is 2.29. The van der Waals surface area contributed by atoms with Gasteiger partial charge < -0.3 is 15.4 Å². The van der Waals surface area contributed by atoms with E-state index in [-0.39, 0.29) is 30.8 Å². The van der Waals surface area contributed by atoms with Crippen LogP contribution >= 0.6 is 0 Å². The van der Waals surface area contributed by atoms with Crippen LogP contribution in [0.25, 0.3) is 0 Å². The Balaban J connectivity index is 1.96. The largest absolute Gasteiger partial charge is 0.468 e. The molecule has 1 aliphatic rings. The third kappa shape index (κ3) is 2.90. The summed E-state index contributed by atoms with van der Waals surface area (Å²) in [4.78, 5) is 34.2. The number of fused-ring (bicyclic) bond motifs is 1. The number of hydrogen-bond donors (Lipinski definition) is 2. The number of methoxy groups -OCH3 is 1. The van der Waals surface area contributed by atoms with E-state index in [1.165, 1.54) is 7.11 Å². The zero-order valence-corrected chi connectivity index (χ0v) is 10.4. The fourth-order valence-corrected chi connectivity index (χ4v) is 1.98. The lowest BCUT2D eigenvalue weighted by molar-refractivity contribution is -0.141. The first-order chi connectivity index (χ1) is 9.11. The van der Waals surface area contributed by atoms with Crippen molar-refractivity contribution < 1.29 is 19.1 Å². The number of hydrogen-bond acceptors (Lipinski definition) is 4. The van der Waals surface area contributed by atoms with Gasteiger partial charge in [-0.2, -0.15) is 0 Å². The number of benzene rings is 1. The van der Waals surface area contributed by atoms with Crippen molar-refractivity contribution in [2.75, 3.05) is 13.7 Å². The molecule has 2 amide bonds. The monoisotopic (exact) mass is 262 g/mol. The van der Waals surface area contributed by atoms with Crippen LogP contribution in [0.4, 0.5) is 0 Å². The Hall–Kier alpha value is -2.37. The molecule has 2 rings (SSSR count). The lowest BCUT2D eigenvalue weighted by atomic mass is 10.0. The quantitative estimate of drug-likeness (QED) is 0.756. The van der Waals surface area contributed by atoms with Crippen molar-refractivity contribution >= 4 is 17.8 Å². The third-order valence-electron chi connectivity index (χ3n) is 2.93. The van der Waals surface area contributed by atoms with Gasteiger partial charge in [0.05, 0.1) is 19.6 Å². The van der Waals surface area contributed by atoms with Gasteiger partial charge >= 0.3 is 5.97 Å². The first-order valence-electron chi connectivity index (χ1n) is 5.85. The molecule has 0 aliphatic carbocycles. The molecule has 2 N–H and O–H groups in total. The van der Waals surface area contributed by atoms with Gasteiger partial charge in [-0.25, -0.2) is 0 Å². The van der Waals surface area contributed by atoms with Gasteiger partial charge in [-0.05, 0) is 11.6 Å². The Morgan fingerprint density at radius 3 is 2.84 bits per heavy atom. The van der Waals surface area contributed by atoms with Crippen molar-refractivity contribution in [2.45, 2.75) is 12.5 Å². The van der Waals surface area contributed by atoms with E-state index >= 15 is 0 Å². The van der Waals surface area contributed by atoms with Crippen LogP contribution in [-0.4, -0.2) is 31.4 Å². The van der Waals surface area contributed by atoms with Crippen molar-refractivity contribution in [1.29, 1.82) is 0 Å². The Morgan fingerprint density at radius 1 is 1.37 bits per heavy atom. The molecule has 0 bridgehead atoms. The molecule has 1 aromatic rings. The zero-order chi connectivity index (χ0) is 13.8. The van der Waals surface area contributed by atoms with E-state index in [0.717, 1.165) is 5.56 Å². The van der Waals surface area contributed by atoms with Gasteiger partial charge in [-0.1, -0.05) is 18.2 Å². The van der Waals surface area contributed by atoms with E-state index < -0.39 is 5.97 Å². The first kappa shape index (κ1) is 13.1. The molecule has 1 aromatic carbocycles. The number of nitrogens with one attached hydrogen (secondary N) is 2. The predicted molar refractivity (Wildman–Crippen MR) is 66.3 cm³/mol. The van der Waals surface area contributed by atoms with E-state index in [9.17, 15) is 14.4 Å². The number of carbonyl (C=O) groups excluding carboxylic acids is 3. The molecule has 0 unspecified atom stereocenters. The SMILES string of the molecule is COC(=O)CNC(=O)C[C@H]1NC(=O)c2ccccc21. The van der Waals surface area contributed by atoms with Crippen molar-refractivity contribution in [2.24, 2.45) is 0 Å². The van der Waals surface area contributed by atoms with Crippen molar-refractivity contribution in [3.05, 3.63) is 35.4 Å². The van der Waals surface area contributed by atoms with Crippen LogP contribution in [0.3, 0.4) is 0 Å². The van der Waals surface area contributed by atoms with E-state index in [4.69, 9.17) is 0 Å². The summed E-state index contributed by atoms with van der Waals surface area (Å²) in [5.74, 6) is -1.00. The molecule has 19 heavy (non-hydrogen) atoms. The second-order valence-corrected chi connectivity index (χ2v) is 4.17. The highest BCUT2D eigenvalue weighted by Crippen LogP contribution is 2.27. The fraction of sp³-hybridized carbons (Fsp3) is 0.308. The maximum absolute atomic E-state index is 11.7. The molecular weight excluding hydrogens is 248 g/mol. The lowest BCUT2D eigenvalue weighted by Gasteiger charge is -2.11. The predicted octanol–water partition coefficient (Wildman–Crippen LogP) is 0.150. The molecule has 0 aromatic heterocycles. The zero-order valence-electron chi connectivity index (χ0n) is 10.4. The molecule has 100 valence electrons. The topological polar surface area (TPSA) is 84.5 Å². The fourth-order valence-electron chi connectivity index (χ4n) is 1.98. The molecule has 1 aliphatic heterocycles. The maximum Gasteiger partial charge on any atom is 0.325 e. The highest BCUT2D eigenvalue weighted by molar-refractivity contribution is 5.99. The summed E-state index contributed by atoms with van der Waals surface area (Å²) in [6.45, 7) is -0.169. The summed E-state index contributed by atoms with van der Waals surface area (Å²) in [5, 5.41) is 5.18. The van der Waals surface area contributed by atoms with Crippen LogP contribution in [0.1, 0.15) is 28.4 Å². The minimum absolute atomic E-state index is 0.0970.